The second-order valence-electron chi connectivity index (χ2n) is 8.35. The van der Waals surface area contributed by atoms with Crippen molar-refractivity contribution < 1.29 is 19.4 Å². The van der Waals surface area contributed by atoms with Crippen LogP contribution >= 0.6 is 27.3 Å². The average molecular weight is 587 g/mol. The summed E-state index contributed by atoms with van der Waals surface area (Å²) in [6.45, 7) is 6.69. The van der Waals surface area contributed by atoms with Gasteiger partial charge in [0.25, 0.3) is 11.5 Å². The summed E-state index contributed by atoms with van der Waals surface area (Å²) in [4.78, 5) is 34.5. The summed E-state index contributed by atoms with van der Waals surface area (Å²) < 4.78 is 13.5. The molecule has 0 saturated heterocycles. The maximum Gasteiger partial charge on any atom is 0.271 e. The number of thiazole rings is 1. The van der Waals surface area contributed by atoms with Gasteiger partial charge in [0.1, 0.15) is 11.8 Å². The van der Waals surface area contributed by atoms with Crippen LogP contribution in [0.4, 0.5) is 0 Å². The number of methoxy groups -OCH3 is 2. The van der Waals surface area contributed by atoms with E-state index in [1.165, 1.54) is 18.4 Å². The van der Waals surface area contributed by atoms with E-state index in [2.05, 4.69) is 20.9 Å². The van der Waals surface area contributed by atoms with Gasteiger partial charge in [-0.3, -0.25) is 14.2 Å². The number of hydrogen-bond donors (Lipinski definition) is 1. The number of carbonyl (C=O) groups excluding carboxylic acids is 1. The molecule has 1 N–H and O–H groups in total. The molecule has 3 aromatic rings. The number of halogens is 1. The number of phenols is 1. The zero-order valence-corrected chi connectivity index (χ0v) is 23.6. The van der Waals surface area contributed by atoms with E-state index in [-0.39, 0.29) is 23.0 Å². The second kappa shape index (κ2) is 10.9. The van der Waals surface area contributed by atoms with Crippen molar-refractivity contribution >= 4 is 39.2 Å². The summed E-state index contributed by atoms with van der Waals surface area (Å²) in [6, 6.07) is 9.99. The van der Waals surface area contributed by atoms with Gasteiger partial charge in [-0.15, -0.1) is 0 Å². The standard InChI is InChI=1S/C27H28BrN3O5S/c1-6-30(7-2)26(34)22-15(3)29-27-31(23(22)18-10-8-9-11-19(18)35-4)25(33)21(37-27)13-16-12-17(28)14-20(36-5)24(16)32/h8-14,23,32H,6-7H2,1-5H3/b21-13+/t23-/m0/s1. The summed E-state index contributed by atoms with van der Waals surface area (Å²) in [7, 11) is 3.03. The number of hydrogen-bond acceptors (Lipinski definition) is 7. The number of fused-ring (bicyclic) bond motifs is 1. The molecule has 2 aromatic carbocycles. The monoisotopic (exact) mass is 585 g/mol. The number of aromatic hydroxyl groups is 1. The summed E-state index contributed by atoms with van der Waals surface area (Å²) in [5.41, 5.74) is 1.76. The molecule has 4 rings (SSSR count). The number of carbonyl (C=O) groups is 1. The minimum Gasteiger partial charge on any atom is -0.504 e. The second-order valence-corrected chi connectivity index (χ2v) is 10.3. The number of likely N-dealkylation sites (N-methyl/N-ethyl adjacent to an activating group) is 1. The van der Waals surface area contributed by atoms with Crippen molar-refractivity contribution in [3.63, 3.8) is 0 Å². The molecule has 37 heavy (non-hydrogen) atoms. The molecule has 0 aliphatic carbocycles. The van der Waals surface area contributed by atoms with E-state index >= 15 is 0 Å². The van der Waals surface area contributed by atoms with Gasteiger partial charge in [0, 0.05) is 28.7 Å². The van der Waals surface area contributed by atoms with E-state index in [4.69, 9.17) is 9.47 Å². The molecule has 194 valence electrons. The average Bonchev–Trinajstić information content (AvgIpc) is 3.19. The van der Waals surface area contributed by atoms with Gasteiger partial charge >= 0.3 is 0 Å². The van der Waals surface area contributed by atoms with Crippen LogP contribution in [0.15, 0.2) is 61.9 Å². The number of rotatable bonds is 7. The van der Waals surface area contributed by atoms with Crippen LogP contribution < -0.4 is 24.4 Å². The topological polar surface area (TPSA) is 93.4 Å². The first-order valence-electron chi connectivity index (χ1n) is 11.8. The zero-order valence-electron chi connectivity index (χ0n) is 21.2. The molecule has 0 radical (unpaired) electrons. The number of allylic oxidation sites excluding steroid dienone is 1. The van der Waals surface area contributed by atoms with E-state index in [1.807, 2.05) is 38.1 Å². The molecule has 0 spiro atoms. The summed E-state index contributed by atoms with van der Waals surface area (Å²) >= 11 is 4.61. The molecule has 0 bridgehead atoms. The van der Waals surface area contributed by atoms with Crippen molar-refractivity contribution in [3.05, 3.63) is 83.0 Å². The number of para-hydroxylation sites is 1. The highest BCUT2D eigenvalue weighted by atomic mass is 79.9. The van der Waals surface area contributed by atoms with Gasteiger partial charge in [0.15, 0.2) is 16.3 Å². The Morgan fingerprint density at radius 1 is 1.19 bits per heavy atom. The van der Waals surface area contributed by atoms with Gasteiger partial charge in [-0.25, -0.2) is 4.99 Å². The van der Waals surface area contributed by atoms with Crippen LogP contribution in [0.2, 0.25) is 0 Å². The lowest BCUT2D eigenvalue weighted by atomic mass is 9.94. The van der Waals surface area contributed by atoms with Crippen molar-refractivity contribution in [2.45, 2.75) is 26.8 Å². The lowest BCUT2D eigenvalue weighted by Gasteiger charge is -2.29. The number of benzene rings is 2. The Morgan fingerprint density at radius 3 is 2.51 bits per heavy atom. The number of phenolic OH excluding ortho intramolecular Hbond substituents is 1. The highest BCUT2D eigenvalue weighted by molar-refractivity contribution is 9.10. The number of ether oxygens (including phenoxy) is 2. The summed E-state index contributed by atoms with van der Waals surface area (Å²) in [5.74, 6) is 0.594. The molecule has 1 aliphatic heterocycles. The van der Waals surface area contributed by atoms with Crippen LogP contribution in [-0.2, 0) is 4.79 Å². The Morgan fingerprint density at radius 2 is 1.86 bits per heavy atom. The first-order valence-corrected chi connectivity index (χ1v) is 13.4. The predicted molar refractivity (Wildman–Crippen MR) is 147 cm³/mol. The molecule has 8 nitrogen and oxygen atoms in total. The van der Waals surface area contributed by atoms with Crippen molar-refractivity contribution in [2.75, 3.05) is 27.3 Å². The van der Waals surface area contributed by atoms with E-state index in [9.17, 15) is 14.7 Å². The summed E-state index contributed by atoms with van der Waals surface area (Å²) in [6.07, 6.45) is 1.61. The normalized spacial score (nSPS) is 15.3. The van der Waals surface area contributed by atoms with Crippen LogP contribution in [0.3, 0.4) is 0 Å². The molecule has 2 heterocycles. The first-order chi connectivity index (χ1) is 17.7. The Bertz CT molecular complexity index is 1570. The van der Waals surface area contributed by atoms with Gasteiger partial charge < -0.3 is 19.5 Å². The van der Waals surface area contributed by atoms with Crippen molar-refractivity contribution in [1.82, 2.24) is 9.47 Å². The zero-order chi connectivity index (χ0) is 26.9. The van der Waals surface area contributed by atoms with Gasteiger partial charge in [0.05, 0.1) is 30.0 Å². The predicted octanol–water partition coefficient (Wildman–Crippen LogP) is 3.59. The van der Waals surface area contributed by atoms with Crippen LogP contribution in [0, 0.1) is 0 Å². The lowest BCUT2D eigenvalue weighted by molar-refractivity contribution is -0.127. The summed E-state index contributed by atoms with van der Waals surface area (Å²) in [5, 5.41) is 10.7. The van der Waals surface area contributed by atoms with Gasteiger partial charge in [-0.2, -0.15) is 0 Å². The highest BCUT2D eigenvalue weighted by Gasteiger charge is 2.35. The van der Waals surface area contributed by atoms with Crippen LogP contribution in [0.25, 0.3) is 6.08 Å². The molecular weight excluding hydrogens is 558 g/mol. The molecule has 1 atom stereocenters. The first kappa shape index (κ1) is 26.7. The van der Waals surface area contributed by atoms with Crippen molar-refractivity contribution in [1.29, 1.82) is 0 Å². The molecule has 1 amide bonds. The molecule has 1 aliphatic rings. The third-order valence-electron chi connectivity index (χ3n) is 6.31. The van der Waals surface area contributed by atoms with Crippen molar-refractivity contribution in [3.8, 4) is 17.2 Å². The number of amides is 1. The van der Waals surface area contributed by atoms with Crippen LogP contribution in [0.1, 0.15) is 37.9 Å². The fraction of sp³-hybridized carbons (Fsp3) is 0.296. The third-order valence-corrected chi connectivity index (χ3v) is 7.75. The fourth-order valence-corrected chi connectivity index (χ4v) is 5.96. The fourth-order valence-electron chi connectivity index (χ4n) is 4.46. The van der Waals surface area contributed by atoms with Crippen LogP contribution in [-0.4, -0.2) is 47.8 Å². The lowest BCUT2D eigenvalue weighted by Crippen LogP contribution is -2.43. The van der Waals surface area contributed by atoms with E-state index in [0.29, 0.717) is 55.0 Å². The SMILES string of the molecule is CCN(CC)C(=O)C1=C(C)N=c2s/c(=C/c3cc(Br)cc(OC)c3O)c(=O)n2[C@H]1c1ccccc1OC. The maximum atomic E-state index is 13.9. The smallest absolute Gasteiger partial charge is 0.271 e. The molecular formula is C27H28BrN3O5S. The molecule has 0 saturated carbocycles. The Hall–Kier alpha value is -3.37. The van der Waals surface area contributed by atoms with E-state index in [0.717, 1.165) is 0 Å². The Labute approximate surface area is 226 Å². The van der Waals surface area contributed by atoms with Gasteiger partial charge in [0.2, 0.25) is 0 Å². The number of aromatic nitrogens is 1. The van der Waals surface area contributed by atoms with Crippen LogP contribution in [0.5, 0.6) is 17.2 Å². The molecule has 10 heteroatoms. The third kappa shape index (κ3) is 4.83. The van der Waals surface area contributed by atoms with E-state index < -0.39 is 6.04 Å². The van der Waals surface area contributed by atoms with Gasteiger partial charge in [-0.05, 0) is 45.0 Å². The quantitative estimate of drug-likeness (QED) is 0.457. The molecule has 1 aromatic heterocycles. The van der Waals surface area contributed by atoms with E-state index in [1.54, 1.807) is 41.7 Å². The Balaban J connectivity index is 2.02. The molecule has 0 fully saturated rings. The molecule has 0 unspecified atom stereocenters. The largest absolute Gasteiger partial charge is 0.504 e. The maximum absolute atomic E-state index is 13.9. The minimum absolute atomic E-state index is 0.0774. The van der Waals surface area contributed by atoms with Gasteiger partial charge in [-0.1, -0.05) is 45.5 Å². The highest BCUT2D eigenvalue weighted by Crippen LogP contribution is 2.36. The minimum atomic E-state index is -0.728. The Kier molecular flexibility index (Phi) is 7.89. The number of nitrogens with zero attached hydrogens (tertiary/aromatic N) is 3. The van der Waals surface area contributed by atoms with Crippen molar-refractivity contribution in [2.24, 2.45) is 4.99 Å².